The highest BCUT2D eigenvalue weighted by molar-refractivity contribution is 7.10. The molecule has 0 spiro atoms. The van der Waals surface area contributed by atoms with E-state index < -0.39 is 0 Å². The van der Waals surface area contributed by atoms with Gasteiger partial charge in [-0.25, -0.2) is 0 Å². The van der Waals surface area contributed by atoms with Crippen LogP contribution in [0.2, 0.25) is 0 Å². The Kier molecular flexibility index (Phi) is 2.87. The number of aryl methyl sites for hydroxylation is 3. The highest BCUT2D eigenvalue weighted by Crippen LogP contribution is 2.23. The van der Waals surface area contributed by atoms with Crippen LogP contribution in [0.4, 0.5) is 11.5 Å². The lowest BCUT2D eigenvalue weighted by atomic mass is 10.3. The zero-order valence-electron chi connectivity index (χ0n) is 9.74. The third-order valence-corrected chi connectivity index (χ3v) is 3.68. The van der Waals surface area contributed by atoms with Gasteiger partial charge in [-0.1, -0.05) is 0 Å². The fraction of sp³-hybridized carbons (Fsp3) is 0.364. The summed E-state index contributed by atoms with van der Waals surface area (Å²) in [4.78, 5) is 1.33. The van der Waals surface area contributed by atoms with Gasteiger partial charge in [0, 0.05) is 11.9 Å². The maximum Gasteiger partial charge on any atom is 0.148 e. The number of hydrogen-bond acceptors (Lipinski definition) is 4. The van der Waals surface area contributed by atoms with E-state index in [1.54, 1.807) is 16.0 Å². The first-order valence-electron chi connectivity index (χ1n) is 5.15. The maximum atomic E-state index is 5.94. The largest absolute Gasteiger partial charge is 0.394 e. The summed E-state index contributed by atoms with van der Waals surface area (Å²) in [5, 5.41) is 9.70. The molecule has 0 saturated heterocycles. The van der Waals surface area contributed by atoms with E-state index in [1.165, 1.54) is 10.4 Å². The molecular formula is C11H16N4S. The zero-order valence-corrected chi connectivity index (χ0v) is 10.6. The molecule has 86 valence electrons. The third-order valence-electron chi connectivity index (χ3n) is 2.65. The number of aromatic nitrogens is 2. The Morgan fingerprint density at radius 1 is 1.50 bits per heavy atom. The van der Waals surface area contributed by atoms with Gasteiger partial charge in [0.2, 0.25) is 0 Å². The van der Waals surface area contributed by atoms with Crippen LogP contribution < -0.4 is 11.1 Å². The fourth-order valence-electron chi connectivity index (χ4n) is 1.63. The summed E-state index contributed by atoms with van der Waals surface area (Å²) in [6.07, 6.45) is 0. The standard InChI is InChI=1S/C11H16N4S/c1-7-4-5-16-9(7)6-13-11-10(12)8(2)14-15(11)3/h4-5,13H,6,12H2,1-3H3. The molecule has 2 heterocycles. The van der Waals surface area contributed by atoms with E-state index in [-0.39, 0.29) is 0 Å². The highest BCUT2D eigenvalue weighted by atomic mass is 32.1. The zero-order chi connectivity index (χ0) is 11.7. The number of rotatable bonds is 3. The van der Waals surface area contributed by atoms with E-state index in [4.69, 9.17) is 5.73 Å². The van der Waals surface area contributed by atoms with E-state index in [9.17, 15) is 0 Å². The second-order valence-corrected chi connectivity index (χ2v) is 4.85. The van der Waals surface area contributed by atoms with Crippen LogP contribution in [0.25, 0.3) is 0 Å². The summed E-state index contributed by atoms with van der Waals surface area (Å²) in [5.41, 5.74) is 8.85. The van der Waals surface area contributed by atoms with Crippen molar-refractivity contribution in [2.45, 2.75) is 20.4 Å². The molecule has 0 aliphatic carbocycles. The lowest BCUT2D eigenvalue weighted by Crippen LogP contribution is -2.06. The Hall–Kier alpha value is -1.49. The highest BCUT2D eigenvalue weighted by Gasteiger charge is 2.09. The van der Waals surface area contributed by atoms with Crippen molar-refractivity contribution in [3.8, 4) is 0 Å². The van der Waals surface area contributed by atoms with Crippen molar-refractivity contribution < 1.29 is 0 Å². The lowest BCUT2D eigenvalue weighted by molar-refractivity contribution is 0.758. The van der Waals surface area contributed by atoms with Crippen LogP contribution in [0, 0.1) is 13.8 Å². The normalized spacial score (nSPS) is 10.7. The van der Waals surface area contributed by atoms with Gasteiger partial charge in [0.1, 0.15) is 5.82 Å². The van der Waals surface area contributed by atoms with E-state index in [1.807, 2.05) is 14.0 Å². The summed E-state index contributed by atoms with van der Waals surface area (Å²) >= 11 is 1.75. The molecule has 0 atom stereocenters. The van der Waals surface area contributed by atoms with E-state index in [0.29, 0.717) is 0 Å². The van der Waals surface area contributed by atoms with Gasteiger partial charge < -0.3 is 11.1 Å². The predicted octanol–water partition coefficient (Wildman–Crippen LogP) is 2.29. The van der Waals surface area contributed by atoms with Crippen molar-refractivity contribution in [1.29, 1.82) is 0 Å². The molecule has 0 saturated carbocycles. The minimum atomic E-state index is 0.733. The van der Waals surface area contributed by atoms with Gasteiger partial charge in [0.05, 0.1) is 17.9 Å². The molecule has 16 heavy (non-hydrogen) atoms. The molecule has 0 aliphatic rings. The average molecular weight is 236 g/mol. The average Bonchev–Trinajstić information content (AvgIpc) is 2.72. The molecular weight excluding hydrogens is 220 g/mol. The first kappa shape index (κ1) is 11.0. The second kappa shape index (κ2) is 4.17. The molecule has 4 nitrogen and oxygen atoms in total. The fourth-order valence-corrected chi connectivity index (χ4v) is 2.48. The number of nitrogens with zero attached hydrogens (tertiary/aromatic N) is 2. The van der Waals surface area contributed by atoms with Crippen molar-refractivity contribution in [3.63, 3.8) is 0 Å². The topological polar surface area (TPSA) is 55.9 Å². The molecule has 5 heteroatoms. The Labute approximate surface area is 99.1 Å². The van der Waals surface area contributed by atoms with Gasteiger partial charge >= 0.3 is 0 Å². The van der Waals surface area contributed by atoms with Crippen molar-refractivity contribution >= 4 is 22.8 Å². The Morgan fingerprint density at radius 3 is 2.75 bits per heavy atom. The van der Waals surface area contributed by atoms with Crippen molar-refractivity contribution in [2.75, 3.05) is 11.1 Å². The first-order valence-corrected chi connectivity index (χ1v) is 6.03. The lowest BCUT2D eigenvalue weighted by Gasteiger charge is -2.07. The summed E-state index contributed by atoms with van der Waals surface area (Å²) in [7, 11) is 1.90. The quantitative estimate of drug-likeness (QED) is 0.859. The molecule has 0 unspecified atom stereocenters. The number of nitrogen functional groups attached to an aromatic ring is 1. The minimum Gasteiger partial charge on any atom is -0.394 e. The molecule has 3 N–H and O–H groups in total. The number of nitrogens with one attached hydrogen (secondary N) is 1. The number of anilines is 2. The van der Waals surface area contributed by atoms with Gasteiger partial charge in [0.15, 0.2) is 0 Å². The number of thiophene rings is 1. The van der Waals surface area contributed by atoms with Crippen LogP contribution in [0.5, 0.6) is 0 Å². The van der Waals surface area contributed by atoms with E-state index in [2.05, 4.69) is 28.8 Å². The second-order valence-electron chi connectivity index (χ2n) is 3.85. The Morgan fingerprint density at radius 2 is 2.25 bits per heavy atom. The number of nitrogens with two attached hydrogens (primary N) is 1. The number of hydrogen-bond donors (Lipinski definition) is 2. The van der Waals surface area contributed by atoms with Gasteiger partial charge in [0.25, 0.3) is 0 Å². The summed E-state index contributed by atoms with van der Waals surface area (Å²) in [6, 6.07) is 2.12. The Balaban J connectivity index is 2.13. The molecule has 0 bridgehead atoms. The third kappa shape index (κ3) is 1.90. The van der Waals surface area contributed by atoms with Crippen LogP contribution in [0.3, 0.4) is 0 Å². The van der Waals surface area contributed by atoms with Gasteiger partial charge in [-0.15, -0.1) is 11.3 Å². The molecule has 0 amide bonds. The smallest absolute Gasteiger partial charge is 0.148 e. The molecule has 2 aromatic heterocycles. The van der Waals surface area contributed by atoms with E-state index in [0.717, 1.165) is 23.7 Å². The molecule has 0 aromatic carbocycles. The van der Waals surface area contributed by atoms with Crippen molar-refractivity contribution in [1.82, 2.24) is 9.78 Å². The minimum absolute atomic E-state index is 0.733. The van der Waals surface area contributed by atoms with Gasteiger partial charge in [-0.05, 0) is 30.9 Å². The van der Waals surface area contributed by atoms with Crippen LogP contribution in [0.1, 0.15) is 16.1 Å². The van der Waals surface area contributed by atoms with E-state index >= 15 is 0 Å². The first-order chi connectivity index (χ1) is 7.59. The van der Waals surface area contributed by atoms with Crippen LogP contribution in [-0.2, 0) is 13.6 Å². The molecule has 0 fully saturated rings. The monoisotopic (exact) mass is 236 g/mol. The summed E-state index contributed by atoms with van der Waals surface area (Å²) < 4.78 is 1.79. The van der Waals surface area contributed by atoms with Crippen LogP contribution in [0.15, 0.2) is 11.4 Å². The van der Waals surface area contributed by atoms with Gasteiger partial charge in [-0.2, -0.15) is 5.10 Å². The summed E-state index contributed by atoms with van der Waals surface area (Å²) in [6.45, 7) is 4.83. The molecule has 2 aromatic rings. The Bertz CT molecular complexity index is 498. The summed E-state index contributed by atoms with van der Waals surface area (Å²) in [5.74, 6) is 0.894. The van der Waals surface area contributed by atoms with Gasteiger partial charge in [-0.3, -0.25) is 4.68 Å². The predicted molar refractivity (Wildman–Crippen MR) is 68.7 cm³/mol. The molecule has 0 aliphatic heterocycles. The molecule has 2 rings (SSSR count). The maximum absolute atomic E-state index is 5.94. The van der Waals surface area contributed by atoms with Crippen LogP contribution >= 0.6 is 11.3 Å². The van der Waals surface area contributed by atoms with Crippen LogP contribution in [-0.4, -0.2) is 9.78 Å². The van der Waals surface area contributed by atoms with Crippen molar-refractivity contribution in [2.24, 2.45) is 7.05 Å². The van der Waals surface area contributed by atoms with Crippen molar-refractivity contribution in [3.05, 3.63) is 27.6 Å². The SMILES string of the molecule is Cc1ccsc1CNc1c(N)c(C)nn1C. The molecule has 0 radical (unpaired) electrons.